The Labute approximate surface area is 147 Å². The van der Waals surface area contributed by atoms with Crippen molar-refractivity contribution in [3.63, 3.8) is 0 Å². The summed E-state index contributed by atoms with van der Waals surface area (Å²) in [6, 6.07) is 8.43. The van der Waals surface area contributed by atoms with Gasteiger partial charge in [-0.1, -0.05) is 0 Å². The Bertz CT molecular complexity index is 1050. The summed E-state index contributed by atoms with van der Waals surface area (Å²) in [6.45, 7) is 1.79. The van der Waals surface area contributed by atoms with Crippen LogP contribution in [-0.2, 0) is 13.0 Å². The minimum atomic E-state index is -0.268. The van der Waals surface area contributed by atoms with Gasteiger partial charge in [0.1, 0.15) is 18.0 Å². The van der Waals surface area contributed by atoms with Gasteiger partial charge in [-0.05, 0) is 47.7 Å². The first kappa shape index (κ1) is 14.5. The lowest BCUT2D eigenvalue weighted by molar-refractivity contribution is 0.627. The number of benzene rings is 1. The fourth-order valence-electron chi connectivity index (χ4n) is 3.28. The lowest BCUT2D eigenvalue weighted by Crippen LogP contribution is -2.30. The summed E-state index contributed by atoms with van der Waals surface area (Å²) in [4.78, 5) is 12.6. The van der Waals surface area contributed by atoms with Crippen LogP contribution in [0.2, 0.25) is 0 Å². The third-order valence-corrected chi connectivity index (χ3v) is 5.55. The topological polar surface area (TPSA) is 46.8 Å². The summed E-state index contributed by atoms with van der Waals surface area (Å²) >= 11 is 1.82. The smallest absolute Gasteiger partial charge is 0.168 e. The van der Waals surface area contributed by atoms with Gasteiger partial charge in [0.05, 0.1) is 17.3 Å². The van der Waals surface area contributed by atoms with Crippen LogP contribution in [0.4, 0.5) is 10.2 Å². The maximum Gasteiger partial charge on any atom is 0.168 e. The number of thiophene rings is 1. The molecule has 0 atom stereocenters. The van der Waals surface area contributed by atoms with Gasteiger partial charge >= 0.3 is 0 Å². The van der Waals surface area contributed by atoms with Crippen molar-refractivity contribution in [2.75, 3.05) is 11.4 Å². The van der Waals surface area contributed by atoms with Crippen LogP contribution in [0.25, 0.3) is 16.7 Å². The Balaban J connectivity index is 1.58. The van der Waals surface area contributed by atoms with Crippen LogP contribution in [0, 0.1) is 5.82 Å². The van der Waals surface area contributed by atoms with E-state index in [0.29, 0.717) is 0 Å². The summed E-state index contributed by atoms with van der Waals surface area (Å²) in [5.74, 6) is 0.630. The van der Waals surface area contributed by atoms with Crippen LogP contribution in [-0.4, -0.2) is 26.3 Å². The molecule has 0 saturated heterocycles. The third-order valence-electron chi connectivity index (χ3n) is 4.52. The first-order valence-electron chi connectivity index (χ1n) is 8.04. The van der Waals surface area contributed by atoms with Crippen molar-refractivity contribution in [2.45, 2.75) is 13.0 Å². The second-order valence-corrected chi connectivity index (χ2v) is 7.01. The van der Waals surface area contributed by atoms with E-state index in [1.165, 1.54) is 22.6 Å². The van der Waals surface area contributed by atoms with E-state index in [0.717, 1.165) is 42.0 Å². The quantitative estimate of drug-likeness (QED) is 0.554. The first-order valence-corrected chi connectivity index (χ1v) is 8.92. The Morgan fingerprint density at radius 1 is 1.08 bits per heavy atom. The van der Waals surface area contributed by atoms with Gasteiger partial charge in [-0.25, -0.2) is 19.0 Å². The molecule has 3 aromatic heterocycles. The summed E-state index contributed by atoms with van der Waals surface area (Å²) in [6.07, 6.45) is 4.39. The number of fused-ring (bicyclic) bond motifs is 2. The Morgan fingerprint density at radius 3 is 2.84 bits per heavy atom. The van der Waals surface area contributed by atoms with Gasteiger partial charge in [0.15, 0.2) is 5.65 Å². The highest BCUT2D eigenvalue weighted by atomic mass is 32.1. The van der Waals surface area contributed by atoms with E-state index in [4.69, 9.17) is 0 Å². The second kappa shape index (κ2) is 5.63. The van der Waals surface area contributed by atoms with Gasteiger partial charge in [-0.15, -0.1) is 11.3 Å². The van der Waals surface area contributed by atoms with Crippen molar-refractivity contribution in [3.05, 3.63) is 64.5 Å². The van der Waals surface area contributed by atoms with Crippen molar-refractivity contribution in [1.29, 1.82) is 0 Å². The van der Waals surface area contributed by atoms with Crippen LogP contribution < -0.4 is 4.90 Å². The summed E-state index contributed by atoms with van der Waals surface area (Å²) in [7, 11) is 0. The van der Waals surface area contributed by atoms with Crippen molar-refractivity contribution >= 4 is 28.2 Å². The SMILES string of the molecule is Fc1ccc(-n2ncc3c(N4CCc5sccc5C4)ncnc32)cc1. The summed E-state index contributed by atoms with van der Waals surface area (Å²) < 4.78 is 14.9. The Morgan fingerprint density at radius 2 is 1.96 bits per heavy atom. The molecular formula is C18H14FN5S. The monoisotopic (exact) mass is 351 g/mol. The zero-order valence-electron chi connectivity index (χ0n) is 13.3. The van der Waals surface area contributed by atoms with E-state index in [1.54, 1.807) is 29.3 Å². The van der Waals surface area contributed by atoms with Gasteiger partial charge in [0, 0.05) is 18.0 Å². The van der Waals surface area contributed by atoms with Gasteiger partial charge in [0.25, 0.3) is 0 Å². The molecule has 0 saturated carbocycles. The van der Waals surface area contributed by atoms with Crippen LogP contribution in [0.15, 0.2) is 48.2 Å². The number of anilines is 1. The maximum absolute atomic E-state index is 13.2. The lowest BCUT2D eigenvalue weighted by atomic mass is 10.1. The minimum Gasteiger partial charge on any atom is -0.351 e. The molecule has 0 bridgehead atoms. The standard InChI is InChI=1S/C18H14FN5S/c19-13-1-3-14(4-2-13)24-18-15(9-22-24)17(20-11-21-18)23-7-5-16-12(10-23)6-8-25-16/h1-4,6,8-9,11H,5,7,10H2. The third kappa shape index (κ3) is 2.39. The molecule has 5 rings (SSSR count). The van der Waals surface area contributed by atoms with Crippen LogP contribution in [0.1, 0.15) is 10.4 Å². The van der Waals surface area contributed by atoms with Crippen LogP contribution >= 0.6 is 11.3 Å². The van der Waals surface area contributed by atoms with E-state index < -0.39 is 0 Å². The predicted octanol–water partition coefficient (Wildman–Crippen LogP) is 3.58. The van der Waals surface area contributed by atoms with E-state index in [1.807, 2.05) is 11.3 Å². The molecule has 124 valence electrons. The van der Waals surface area contributed by atoms with Gasteiger partial charge < -0.3 is 4.90 Å². The number of hydrogen-bond acceptors (Lipinski definition) is 5. The average Bonchev–Trinajstić information content (AvgIpc) is 3.28. The minimum absolute atomic E-state index is 0.268. The molecule has 0 unspecified atom stereocenters. The number of rotatable bonds is 2. The maximum atomic E-state index is 13.2. The number of hydrogen-bond donors (Lipinski definition) is 0. The molecule has 25 heavy (non-hydrogen) atoms. The normalized spacial score (nSPS) is 14.0. The number of aromatic nitrogens is 4. The molecule has 7 heteroatoms. The molecule has 4 aromatic rings. The van der Waals surface area contributed by atoms with Gasteiger partial charge in [-0.2, -0.15) is 5.10 Å². The predicted molar refractivity (Wildman–Crippen MR) is 95.7 cm³/mol. The molecule has 5 nitrogen and oxygen atoms in total. The average molecular weight is 351 g/mol. The molecule has 0 aliphatic carbocycles. The second-order valence-electron chi connectivity index (χ2n) is 6.01. The zero-order chi connectivity index (χ0) is 16.8. The Kier molecular flexibility index (Phi) is 3.27. The molecule has 1 aliphatic rings. The summed E-state index contributed by atoms with van der Waals surface area (Å²) in [5, 5.41) is 7.51. The molecule has 4 heterocycles. The fourth-order valence-corrected chi connectivity index (χ4v) is 4.17. The molecule has 0 radical (unpaired) electrons. The van der Waals surface area contributed by atoms with Crippen molar-refractivity contribution in [2.24, 2.45) is 0 Å². The zero-order valence-corrected chi connectivity index (χ0v) is 14.1. The largest absolute Gasteiger partial charge is 0.351 e. The van der Waals surface area contributed by atoms with Gasteiger partial charge in [0.2, 0.25) is 0 Å². The van der Waals surface area contributed by atoms with Crippen molar-refractivity contribution in [3.8, 4) is 5.69 Å². The molecule has 0 N–H and O–H groups in total. The molecule has 1 aliphatic heterocycles. The molecule has 0 fully saturated rings. The molecular weight excluding hydrogens is 337 g/mol. The molecule has 0 spiro atoms. The van der Waals surface area contributed by atoms with E-state index in [9.17, 15) is 4.39 Å². The summed E-state index contributed by atoms with van der Waals surface area (Å²) in [5.41, 5.74) is 2.88. The van der Waals surface area contributed by atoms with Crippen molar-refractivity contribution in [1.82, 2.24) is 19.7 Å². The number of halogens is 1. The fraction of sp³-hybridized carbons (Fsp3) is 0.167. The molecule has 1 aromatic carbocycles. The van der Waals surface area contributed by atoms with Crippen molar-refractivity contribution < 1.29 is 4.39 Å². The highest BCUT2D eigenvalue weighted by molar-refractivity contribution is 7.10. The van der Waals surface area contributed by atoms with E-state index in [2.05, 4.69) is 31.4 Å². The Hall–Kier alpha value is -2.80. The molecule has 0 amide bonds. The van der Waals surface area contributed by atoms with E-state index >= 15 is 0 Å². The highest BCUT2D eigenvalue weighted by Gasteiger charge is 2.21. The van der Waals surface area contributed by atoms with Crippen LogP contribution in [0.5, 0.6) is 0 Å². The highest BCUT2D eigenvalue weighted by Crippen LogP contribution is 2.30. The van der Waals surface area contributed by atoms with Gasteiger partial charge in [-0.3, -0.25) is 0 Å². The van der Waals surface area contributed by atoms with E-state index in [-0.39, 0.29) is 5.82 Å². The first-order chi connectivity index (χ1) is 12.3. The van der Waals surface area contributed by atoms with Crippen LogP contribution in [0.3, 0.4) is 0 Å². The lowest BCUT2D eigenvalue weighted by Gasteiger charge is -2.28. The number of nitrogens with zero attached hydrogens (tertiary/aromatic N) is 5.